The third-order valence-corrected chi connectivity index (χ3v) is 4.69. The standard InChI is InChI=1S/C14H21BrN2O2/c1-9(2)11-10(15)12(18)17-13(16-11)14(19-3)7-5-4-6-8-14/h9H,4-8H2,1-3H3,(H,16,17,18). The minimum Gasteiger partial charge on any atom is -0.370 e. The molecule has 0 atom stereocenters. The molecule has 106 valence electrons. The Balaban J connectivity index is 2.52. The Hall–Kier alpha value is -0.680. The Labute approximate surface area is 122 Å². The summed E-state index contributed by atoms with van der Waals surface area (Å²) in [5.41, 5.74) is 0.276. The Morgan fingerprint density at radius 1 is 1.32 bits per heavy atom. The third kappa shape index (κ3) is 2.77. The number of rotatable bonds is 3. The fraction of sp³-hybridized carbons (Fsp3) is 0.714. The normalized spacial score (nSPS) is 18.8. The number of ether oxygens (including phenoxy) is 1. The topological polar surface area (TPSA) is 55.0 Å². The summed E-state index contributed by atoms with van der Waals surface area (Å²) in [4.78, 5) is 19.6. The van der Waals surface area contributed by atoms with Crippen LogP contribution >= 0.6 is 15.9 Å². The second-order valence-electron chi connectivity index (χ2n) is 5.53. The van der Waals surface area contributed by atoms with Crippen LogP contribution in [0.15, 0.2) is 9.27 Å². The van der Waals surface area contributed by atoms with Crippen LogP contribution in [-0.4, -0.2) is 17.1 Å². The molecule has 0 aromatic carbocycles. The molecule has 1 fully saturated rings. The number of H-pyrrole nitrogens is 1. The highest BCUT2D eigenvalue weighted by Gasteiger charge is 2.37. The van der Waals surface area contributed by atoms with E-state index >= 15 is 0 Å². The maximum Gasteiger partial charge on any atom is 0.265 e. The lowest BCUT2D eigenvalue weighted by molar-refractivity contribution is -0.0518. The summed E-state index contributed by atoms with van der Waals surface area (Å²) in [5.74, 6) is 0.888. The second-order valence-corrected chi connectivity index (χ2v) is 6.32. The summed E-state index contributed by atoms with van der Waals surface area (Å²) in [7, 11) is 1.71. The predicted molar refractivity (Wildman–Crippen MR) is 78.4 cm³/mol. The van der Waals surface area contributed by atoms with E-state index in [0.29, 0.717) is 10.3 Å². The summed E-state index contributed by atoms with van der Waals surface area (Å²) < 4.78 is 6.28. The van der Waals surface area contributed by atoms with Crippen LogP contribution in [0.5, 0.6) is 0 Å². The second kappa shape index (κ2) is 5.75. The number of nitrogens with one attached hydrogen (secondary N) is 1. The van der Waals surface area contributed by atoms with Crippen molar-refractivity contribution in [2.24, 2.45) is 0 Å². The number of methoxy groups -OCH3 is 1. The monoisotopic (exact) mass is 328 g/mol. The van der Waals surface area contributed by atoms with Crippen LogP contribution in [0.1, 0.15) is 63.4 Å². The Bertz CT molecular complexity index is 505. The zero-order chi connectivity index (χ0) is 14.0. The molecule has 0 bridgehead atoms. The summed E-state index contributed by atoms with van der Waals surface area (Å²) in [5, 5.41) is 0. The molecule has 1 saturated carbocycles. The molecule has 5 heteroatoms. The molecular formula is C14H21BrN2O2. The molecule has 0 unspecified atom stereocenters. The van der Waals surface area contributed by atoms with Gasteiger partial charge in [0.25, 0.3) is 5.56 Å². The smallest absolute Gasteiger partial charge is 0.265 e. The molecule has 0 saturated heterocycles. The van der Waals surface area contributed by atoms with E-state index in [4.69, 9.17) is 4.74 Å². The lowest BCUT2D eigenvalue weighted by Crippen LogP contribution is -2.36. The van der Waals surface area contributed by atoms with Gasteiger partial charge in [-0.15, -0.1) is 0 Å². The van der Waals surface area contributed by atoms with Crippen LogP contribution in [0.3, 0.4) is 0 Å². The first-order valence-electron chi connectivity index (χ1n) is 6.85. The molecule has 1 aromatic heterocycles. The number of hydrogen-bond acceptors (Lipinski definition) is 3. The van der Waals surface area contributed by atoms with Crippen LogP contribution in [0.25, 0.3) is 0 Å². The molecular weight excluding hydrogens is 308 g/mol. The van der Waals surface area contributed by atoms with E-state index in [9.17, 15) is 4.79 Å². The van der Waals surface area contributed by atoms with Gasteiger partial charge in [-0.3, -0.25) is 4.79 Å². The highest BCUT2D eigenvalue weighted by Crippen LogP contribution is 2.38. The minimum atomic E-state index is -0.415. The van der Waals surface area contributed by atoms with Gasteiger partial charge in [0.15, 0.2) is 0 Å². The summed E-state index contributed by atoms with van der Waals surface area (Å²) >= 11 is 3.33. The van der Waals surface area contributed by atoms with E-state index in [1.54, 1.807) is 7.11 Å². The van der Waals surface area contributed by atoms with Gasteiger partial charge < -0.3 is 9.72 Å². The molecule has 1 aliphatic carbocycles. The quantitative estimate of drug-likeness (QED) is 0.924. The van der Waals surface area contributed by atoms with E-state index < -0.39 is 5.60 Å². The molecule has 2 rings (SSSR count). The number of aromatic nitrogens is 2. The van der Waals surface area contributed by atoms with Crippen molar-refractivity contribution >= 4 is 15.9 Å². The van der Waals surface area contributed by atoms with Gasteiger partial charge in [-0.05, 0) is 34.7 Å². The molecule has 1 N–H and O–H groups in total. The van der Waals surface area contributed by atoms with E-state index in [1.165, 1.54) is 6.42 Å². The van der Waals surface area contributed by atoms with Crippen LogP contribution in [0.4, 0.5) is 0 Å². The molecule has 1 heterocycles. The average Bonchev–Trinajstić information content (AvgIpc) is 2.42. The highest BCUT2D eigenvalue weighted by atomic mass is 79.9. The fourth-order valence-corrected chi connectivity index (χ4v) is 3.38. The number of halogens is 1. The van der Waals surface area contributed by atoms with E-state index in [0.717, 1.165) is 31.4 Å². The summed E-state index contributed by atoms with van der Waals surface area (Å²) in [6.45, 7) is 4.08. The molecule has 0 aliphatic heterocycles. The van der Waals surface area contributed by atoms with Gasteiger partial charge in [0.2, 0.25) is 0 Å². The van der Waals surface area contributed by atoms with Crippen molar-refractivity contribution < 1.29 is 4.74 Å². The summed E-state index contributed by atoms with van der Waals surface area (Å²) in [6.07, 6.45) is 5.30. The molecule has 4 nitrogen and oxygen atoms in total. The van der Waals surface area contributed by atoms with E-state index in [2.05, 4.69) is 25.9 Å². The molecule has 19 heavy (non-hydrogen) atoms. The number of nitrogens with zero attached hydrogens (tertiary/aromatic N) is 1. The largest absolute Gasteiger partial charge is 0.370 e. The van der Waals surface area contributed by atoms with Gasteiger partial charge in [-0.1, -0.05) is 33.1 Å². The van der Waals surface area contributed by atoms with Gasteiger partial charge in [-0.2, -0.15) is 0 Å². The van der Waals surface area contributed by atoms with E-state index in [-0.39, 0.29) is 11.5 Å². The molecule has 0 spiro atoms. The zero-order valence-electron chi connectivity index (χ0n) is 11.8. The van der Waals surface area contributed by atoms with Crippen LogP contribution < -0.4 is 5.56 Å². The maximum absolute atomic E-state index is 12.1. The first-order chi connectivity index (χ1) is 9.00. The van der Waals surface area contributed by atoms with Gasteiger partial charge >= 0.3 is 0 Å². The Morgan fingerprint density at radius 3 is 2.47 bits per heavy atom. The Morgan fingerprint density at radius 2 is 1.95 bits per heavy atom. The van der Waals surface area contributed by atoms with Gasteiger partial charge in [0.05, 0.1) is 5.69 Å². The zero-order valence-corrected chi connectivity index (χ0v) is 13.3. The average molecular weight is 329 g/mol. The SMILES string of the molecule is COC1(c2nc(C(C)C)c(Br)c(=O)[nH]2)CCCCC1. The number of hydrogen-bond donors (Lipinski definition) is 1. The molecule has 0 radical (unpaired) electrons. The van der Waals surface area contributed by atoms with Crippen molar-refractivity contribution in [3.05, 3.63) is 26.3 Å². The minimum absolute atomic E-state index is 0.115. The molecule has 0 amide bonds. The Kier molecular flexibility index (Phi) is 4.46. The van der Waals surface area contributed by atoms with Crippen LogP contribution in [0.2, 0.25) is 0 Å². The van der Waals surface area contributed by atoms with E-state index in [1.807, 2.05) is 13.8 Å². The van der Waals surface area contributed by atoms with Crippen LogP contribution in [-0.2, 0) is 10.3 Å². The maximum atomic E-state index is 12.1. The fourth-order valence-electron chi connectivity index (χ4n) is 2.74. The first-order valence-corrected chi connectivity index (χ1v) is 7.65. The van der Waals surface area contributed by atoms with Crippen molar-refractivity contribution in [2.75, 3.05) is 7.11 Å². The van der Waals surface area contributed by atoms with Crippen molar-refractivity contribution in [2.45, 2.75) is 57.5 Å². The first kappa shape index (κ1) is 14.7. The predicted octanol–water partition coefficient (Wildman–Crippen LogP) is 3.46. The summed E-state index contributed by atoms with van der Waals surface area (Å²) in [6, 6.07) is 0. The molecule has 1 aliphatic rings. The van der Waals surface area contributed by atoms with Gasteiger partial charge in [-0.25, -0.2) is 4.98 Å². The van der Waals surface area contributed by atoms with Crippen molar-refractivity contribution in [1.82, 2.24) is 9.97 Å². The lowest BCUT2D eigenvalue weighted by atomic mass is 9.84. The van der Waals surface area contributed by atoms with Crippen molar-refractivity contribution in [3.63, 3.8) is 0 Å². The number of aromatic amines is 1. The van der Waals surface area contributed by atoms with Crippen LogP contribution in [0, 0.1) is 0 Å². The van der Waals surface area contributed by atoms with Crippen molar-refractivity contribution in [3.8, 4) is 0 Å². The van der Waals surface area contributed by atoms with Gasteiger partial charge in [0, 0.05) is 7.11 Å². The lowest BCUT2D eigenvalue weighted by Gasteiger charge is -2.35. The van der Waals surface area contributed by atoms with Crippen molar-refractivity contribution in [1.29, 1.82) is 0 Å². The van der Waals surface area contributed by atoms with Gasteiger partial charge in [0.1, 0.15) is 15.9 Å². The molecule has 1 aromatic rings. The highest BCUT2D eigenvalue weighted by molar-refractivity contribution is 9.10. The third-order valence-electron chi connectivity index (χ3n) is 3.92.